The fraction of sp³-hybridized carbons (Fsp3) is 0.600. The monoisotopic (exact) mass is 364 g/mol. The van der Waals surface area contributed by atoms with Crippen LogP contribution in [0.25, 0.3) is 0 Å². The molecule has 3 rings (SSSR count). The zero-order valence-corrected chi connectivity index (χ0v) is 14.7. The van der Waals surface area contributed by atoms with E-state index < -0.39 is 15.7 Å². The van der Waals surface area contributed by atoms with Crippen LogP contribution in [0.2, 0.25) is 0 Å². The van der Waals surface area contributed by atoms with E-state index in [4.69, 9.17) is 6.42 Å². The van der Waals surface area contributed by atoms with Gasteiger partial charge in [-0.25, -0.2) is 8.42 Å². The van der Waals surface area contributed by atoms with E-state index >= 15 is 0 Å². The van der Waals surface area contributed by atoms with Gasteiger partial charge in [-0.3, -0.25) is 9.48 Å². The van der Waals surface area contributed by atoms with Crippen molar-refractivity contribution >= 4 is 15.9 Å². The molecule has 0 bridgehead atoms. The zero-order valence-electron chi connectivity index (χ0n) is 13.9. The molecule has 0 spiro atoms. The van der Waals surface area contributed by atoms with Crippen LogP contribution in [0, 0.1) is 12.3 Å². The minimum absolute atomic E-state index is 0.124. The second-order valence-electron chi connectivity index (χ2n) is 6.32. The summed E-state index contributed by atoms with van der Waals surface area (Å²) in [7, 11) is -1.88. The van der Waals surface area contributed by atoms with Gasteiger partial charge in [0.1, 0.15) is 4.90 Å². The molecule has 0 radical (unpaired) electrons. The number of amides is 1. The Morgan fingerprint density at radius 2 is 2.16 bits per heavy atom. The molecule has 0 aromatic carbocycles. The molecule has 25 heavy (non-hydrogen) atoms. The fourth-order valence-corrected chi connectivity index (χ4v) is 4.21. The zero-order chi connectivity index (χ0) is 18.1. The van der Waals surface area contributed by atoms with E-state index in [0.717, 1.165) is 0 Å². The highest BCUT2D eigenvalue weighted by atomic mass is 32.2. The van der Waals surface area contributed by atoms with Gasteiger partial charge in [0.05, 0.1) is 12.2 Å². The maximum absolute atomic E-state index is 12.3. The number of sulfonamides is 1. The highest BCUT2D eigenvalue weighted by Gasteiger charge is 2.41. The minimum atomic E-state index is -3.54. The molecular weight excluding hydrogens is 344 g/mol. The average molecular weight is 364 g/mol. The van der Waals surface area contributed by atoms with Gasteiger partial charge in [0.2, 0.25) is 15.9 Å². The molecule has 0 saturated carbocycles. The first-order chi connectivity index (χ1) is 11.8. The summed E-state index contributed by atoms with van der Waals surface area (Å²) in [5, 5.41) is 14.7. The van der Waals surface area contributed by atoms with E-state index in [2.05, 4.69) is 26.6 Å². The number of aryl methyl sites for hydroxylation is 1. The summed E-state index contributed by atoms with van der Waals surface area (Å²) in [6, 6.07) is -0.173. The molecule has 2 aliphatic rings. The van der Waals surface area contributed by atoms with Crippen molar-refractivity contribution in [3.8, 4) is 12.3 Å². The first-order valence-electron chi connectivity index (χ1n) is 8.00. The number of carbonyl (C=O) groups excluding carboxylic acids is 1. The number of hydrogen-bond donors (Lipinski definition) is 1. The number of aromatic nitrogens is 2. The van der Waals surface area contributed by atoms with Gasteiger partial charge in [0.25, 0.3) is 0 Å². The van der Waals surface area contributed by atoms with Crippen LogP contribution in [0.5, 0.6) is 0 Å². The molecule has 134 valence electrons. The van der Waals surface area contributed by atoms with E-state index in [9.17, 15) is 13.2 Å². The Balaban J connectivity index is 1.41. The van der Waals surface area contributed by atoms with Crippen LogP contribution < -0.4 is 5.32 Å². The lowest BCUT2D eigenvalue weighted by Gasteiger charge is -2.38. The fourth-order valence-electron chi connectivity index (χ4n) is 2.69. The summed E-state index contributed by atoms with van der Waals surface area (Å²) in [6.07, 6.45) is 10.1. The summed E-state index contributed by atoms with van der Waals surface area (Å²) >= 11 is 0. The van der Waals surface area contributed by atoms with Crippen LogP contribution in [0.1, 0.15) is 25.7 Å². The smallest absolute Gasteiger partial charge is 0.246 e. The summed E-state index contributed by atoms with van der Waals surface area (Å²) in [5.41, 5.74) is -0.473. The van der Waals surface area contributed by atoms with E-state index in [-0.39, 0.29) is 29.9 Å². The first kappa shape index (κ1) is 17.6. The predicted octanol–water partition coefficient (Wildman–Crippen LogP) is 0.265. The topological polar surface area (TPSA) is 109 Å². The van der Waals surface area contributed by atoms with Crippen LogP contribution in [0.4, 0.5) is 0 Å². The van der Waals surface area contributed by atoms with Crippen molar-refractivity contribution in [1.29, 1.82) is 0 Å². The molecule has 1 fully saturated rings. The molecule has 3 heterocycles. The van der Waals surface area contributed by atoms with Crippen LogP contribution in [0.3, 0.4) is 0 Å². The lowest BCUT2D eigenvalue weighted by atomic mass is 10.0. The molecule has 9 nitrogen and oxygen atoms in total. The first-order valence-corrected chi connectivity index (χ1v) is 9.44. The van der Waals surface area contributed by atoms with Crippen LogP contribution in [-0.2, 0) is 21.9 Å². The Morgan fingerprint density at radius 3 is 2.72 bits per heavy atom. The second kappa shape index (κ2) is 6.57. The van der Waals surface area contributed by atoms with Crippen molar-refractivity contribution in [2.75, 3.05) is 13.1 Å². The number of nitrogens with zero attached hydrogens (tertiary/aromatic N) is 5. The SMILES string of the molecule is C#CCCC1(CCC(=O)NC2CN(S(=O)(=O)c3cnn(C)c3)C2)N=N1. The third kappa shape index (κ3) is 3.88. The highest BCUT2D eigenvalue weighted by molar-refractivity contribution is 7.89. The Morgan fingerprint density at radius 1 is 1.44 bits per heavy atom. The van der Waals surface area contributed by atoms with E-state index in [1.54, 1.807) is 7.05 Å². The maximum atomic E-state index is 12.3. The third-order valence-electron chi connectivity index (χ3n) is 4.34. The van der Waals surface area contributed by atoms with Gasteiger partial charge in [-0.2, -0.15) is 19.6 Å². The molecule has 2 aliphatic heterocycles. The summed E-state index contributed by atoms with van der Waals surface area (Å²) < 4.78 is 27.5. The molecule has 1 saturated heterocycles. The number of terminal acetylenes is 1. The van der Waals surface area contributed by atoms with Gasteiger partial charge in [-0.15, -0.1) is 12.3 Å². The summed E-state index contributed by atoms with van der Waals surface area (Å²) in [5.74, 6) is 2.42. The molecule has 0 aliphatic carbocycles. The van der Waals surface area contributed by atoms with Crippen molar-refractivity contribution in [2.24, 2.45) is 17.3 Å². The largest absolute Gasteiger partial charge is 0.351 e. The molecular formula is C15H20N6O3S. The van der Waals surface area contributed by atoms with Gasteiger partial charge < -0.3 is 5.32 Å². The van der Waals surface area contributed by atoms with Gasteiger partial charge in [-0.05, 0) is 0 Å². The molecule has 0 atom stereocenters. The van der Waals surface area contributed by atoms with Crippen molar-refractivity contribution in [3.05, 3.63) is 12.4 Å². The lowest BCUT2D eigenvalue weighted by molar-refractivity contribution is -0.122. The number of hydrogen-bond acceptors (Lipinski definition) is 6. The summed E-state index contributed by atoms with van der Waals surface area (Å²) in [4.78, 5) is 12.2. The van der Waals surface area contributed by atoms with E-state index in [1.807, 2.05) is 0 Å². The van der Waals surface area contributed by atoms with Gasteiger partial charge >= 0.3 is 0 Å². The lowest BCUT2D eigenvalue weighted by Crippen LogP contribution is -2.60. The highest BCUT2D eigenvalue weighted by Crippen LogP contribution is 2.37. The Labute approximate surface area is 146 Å². The third-order valence-corrected chi connectivity index (χ3v) is 6.12. The molecule has 0 unspecified atom stereocenters. The molecule has 1 aromatic heterocycles. The summed E-state index contributed by atoms with van der Waals surface area (Å²) in [6.45, 7) is 0.528. The van der Waals surface area contributed by atoms with Crippen LogP contribution in [-0.4, -0.2) is 53.2 Å². The van der Waals surface area contributed by atoms with Crippen LogP contribution in [0.15, 0.2) is 27.5 Å². The standard InChI is InChI=1S/C15H20N6O3S/c1-3-4-6-15(18-19-15)7-5-14(22)17-12-9-21(10-12)25(23,24)13-8-16-20(2)11-13/h1,8,11-12H,4-7,9-10H2,2H3,(H,17,22). The quantitative estimate of drug-likeness (QED) is 0.668. The number of carbonyl (C=O) groups is 1. The van der Waals surface area contributed by atoms with Crippen molar-refractivity contribution in [1.82, 2.24) is 19.4 Å². The average Bonchev–Trinajstić information content (AvgIpc) is 3.17. The Hall–Kier alpha value is -2.25. The van der Waals surface area contributed by atoms with Crippen LogP contribution >= 0.6 is 0 Å². The second-order valence-corrected chi connectivity index (χ2v) is 8.26. The molecule has 10 heteroatoms. The van der Waals surface area contributed by atoms with Gasteiger partial charge in [0, 0.05) is 52.0 Å². The van der Waals surface area contributed by atoms with E-state index in [1.165, 1.54) is 21.4 Å². The van der Waals surface area contributed by atoms with E-state index in [0.29, 0.717) is 25.7 Å². The maximum Gasteiger partial charge on any atom is 0.246 e. The van der Waals surface area contributed by atoms with Crippen molar-refractivity contribution < 1.29 is 13.2 Å². The normalized spacial score (nSPS) is 19.2. The Bertz CT molecular complexity index is 826. The van der Waals surface area contributed by atoms with Gasteiger partial charge in [-0.1, -0.05) is 0 Å². The number of rotatable bonds is 8. The number of nitrogens with one attached hydrogen (secondary N) is 1. The minimum Gasteiger partial charge on any atom is -0.351 e. The van der Waals surface area contributed by atoms with Crippen molar-refractivity contribution in [3.63, 3.8) is 0 Å². The molecule has 1 N–H and O–H groups in total. The molecule has 1 amide bonds. The Kier molecular flexibility index (Phi) is 4.62. The van der Waals surface area contributed by atoms with Gasteiger partial charge in [0.15, 0.2) is 5.66 Å². The molecule has 1 aromatic rings. The van der Waals surface area contributed by atoms with Crippen molar-refractivity contribution in [2.45, 2.75) is 42.3 Å². The predicted molar refractivity (Wildman–Crippen MR) is 88.8 cm³/mol.